The highest BCUT2D eigenvalue weighted by molar-refractivity contribution is 7.89. The van der Waals surface area contributed by atoms with Crippen LogP contribution in [0.15, 0.2) is 41.6 Å². The number of fused-ring (bicyclic) bond motifs is 2. The fourth-order valence-electron chi connectivity index (χ4n) is 4.63. The van der Waals surface area contributed by atoms with Gasteiger partial charge in [-0.05, 0) is 31.5 Å². The van der Waals surface area contributed by atoms with Gasteiger partial charge in [-0.2, -0.15) is 9.40 Å². The molecule has 0 bridgehead atoms. The van der Waals surface area contributed by atoms with Crippen molar-refractivity contribution >= 4 is 26.8 Å². The van der Waals surface area contributed by atoms with Crippen molar-refractivity contribution in [3.63, 3.8) is 0 Å². The van der Waals surface area contributed by atoms with Gasteiger partial charge in [-0.1, -0.05) is 19.1 Å². The van der Waals surface area contributed by atoms with Crippen molar-refractivity contribution in [2.24, 2.45) is 7.05 Å². The minimum Gasteiger partial charge on any atom is -0.347 e. The maximum Gasteiger partial charge on any atom is 0.268 e. The number of amides is 1. The van der Waals surface area contributed by atoms with Crippen LogP contribution in [0.4, 0.5) is 0 Å². The van der Waals surface area contributed by atoms with E-state index < -0.39 is 10.0 Å². The number of hydrogen-bond acceptors (Lipinski definition) is 6. The smallest absolute Gasteiger partial charge is 0.268 e. The second kappa shape index (κ2) is 8.58. The van der Waals surface area contributed by atoms with Gasteiger partial charge < -0.3 is 9.88 Å². The first-order chi connectivity index (χ1) is 16.7. The number of sulfonamides is 1. The Morgan fingerprint density at radius 3 is 2.86 bits per heavy atom. The van der Waals surface area contributed by atoms with Crippen LogP contribution < -0.4 is 5.32 Å². The molecule has 1 amide bonds. The van der Waals surface area contributed by atoms with E-state index in [0.29, 0.717) is 18.1 Å². The SMILES string of the molecule is Cc1ncc2c(CNC(=O)c3cc(S(=O)(=O)N4Cc5cn[nH]c5[C@H](C)C4)c(C)n3C)cccc2n1. The van der Waals surface area contributed by atoms with Gasteiger partial charge in [0.1, 0.15) is 16.4 Å². The van der Waals surface area contributed by atoms with Crippen LogP contribution in [0.5, 0.6) is 0 Å². The molecule has 1 aliphatic rings. The van der Waals surface area contributed by atoms with Crippen LogP contribution in [0.25, 0.3) is 10.9 Å². The molecule has 4 aromatic rings. The molecule has 1 aliphatic heterocycles. The molecule has 3 aromatic heterocycles. The third-order valence-electron chi connectivity index (χ3n) is 6.68. The van der Waals surface area contributed by atoms with E-state index in [4.69, 9.17) is 0 Å². The lowest BCUT2D eigenvalue weighted by molar-refractivity contribution is 0.0942. The summed E-state index contributed by atoms with van der Waals surface area (Å²) in [4.78, 5) is 21.9. The summed E-state index contributed by atoms with van der Waals surface area (Å²) in [7, 11) is -2.11. The van der Waals surface area contributed by atoms with Crippen molar-refractivity contribution in [3.8, 4) is 0 Å². The first kappa shape index (κ1) is 23.2. The number of H-pyrrole nitrogens is 1. The van der Waals surface area contributed by atoms with Gasteiger partial charge in [0.05, 0.1) is 11.7 Å². The van der Waals surface area contributed by atoms with Crippen molar-refractivity contribution in [2.75, 3.05) is 6.54 Å². The average Bonchev–Trinajstić information content (AvgIpc) is 3.42. The first-order valence-corrected chi connectivity index (χ1v) is 12.8. The number of carbonyl (C=O) groups is 1. The normalized spacial score (nSPS) is 16.4. The van der Waals surface area contributed by atoms with Crippen molar-refractivity contribution in [1.82, 2.24) is 34.4 Å². The number of nitrogens with one attached hydrogen (secondary N) is 2. The molecule has 10 nitrogen and oxygen atoms in total. The van der Waals surface area contributed by atoms with E-state index in [2.05, 4.69) is 25.5 Å². The van der Waals surface area contributed by atoms with E-state index in [1.165, 1.54) is 10.4 Å². The second-order valence-corrected chi connectivity index (χ2v) is 10.9. The number of aryl methyl sites for hydroxylation is 1. The van der Waals surface area contributed by atoms with E-state index >= 15 is 0 Å². The van der Waals surface area contributed by atoms with E-state index in [1.807, 2.05) is 32.0 Å². The lowest BCUT2D eigenvalue weighted by Crippen LogP contribution is -2.37. The van der Waals surface area contributed by atoms with Gasteiger partial charge in [-0.3, -0.25) is 9.89 Å². The maximum atomic E-state index is 13.6. The Labute approximate surface area is 203 Å². The van der Waals surface area contributed by atoms with Crippen molar-refractivity contribution in [2.45, 2.75) is 44.7 Å². The molecular weight excluding hydrogens is 466 g/mol. The zero-order valence-corrected chi connectivity index (χ0v) is 20.8. The summed E-state index contributed by atoms with van der Waals surface area (Å²) < 4.78 is 30.2. The fraction of sp³-hybridized carbons (Fsp3) is 0.333. The largest absolute Gasteiger partial charge is 0.347 e. The number of benzene rings is 1. The summed E-state index contributed by atoms with van der Waals surface area (Å²) in [6.07, 6.45) is 3.42. The summed E-state index contributed by atoms with van der Waals surface area (Å²) in [5.41, 5.74) is 4.32. The highest BCUT2D eigenvalue weighted by atomic mass is 32.2. The molecular formula is C24H27N7O3S. The van der Waals surface area contributed by atoms with Crippen LogP contribution in [-0.4, -0.2) is 49.9 Å². The molecule has 0 fully saturated rings. The number of carbonyl (C=O) groups excluding carboxylic acids is 1. The predicted octanol–water partition coefficient (Wildman–Crippen LogP) is 2.55. The van der Waals surface area contributed by atoms with Crippen LogP contribution in [-0.2, 0) is 30.2 Å². The monoisotopic (exact) mass is 493 g/mol. The summed E-state index contributed by atoms with van der Waals surface area (Å²) in [6.45, 7) is 6.37. The highest BCUT2D eigenvalue weighted by Gasteiger charge is 2.35. The Balaban J connectivity index is 1.39. The summed E-state index contributed by atoms with van der Waals surface area (Å²) >= 11 is 0. The second-order valence-electron chi connectivity index (χ2n) is 9.00. The van der Waals surface area contributed by atoms with Gasteiger partial charge in [0.15, 0.2) is 0 Å². The molecule has 5 rings (SSSR count). The summed E-state index contributed by atoms with van der Waals surface area (Å²) in [5, 5.41) is 10.8. The zero-order valence-electron chi connectivity index (χ0n) is 20.0. The van der Waals surface area contributed by atoms with Gasteiger partial charge in [-0.15, -0.1) is 0 Å². The Morgan fingerprint density at radius 2 is 2.06 bits per heavy atom. The molecule has 0 radical (unpaired) electrons. The standard InChI is InChI=1S/C24H27N7O3S/c1-14-12-31(13-18-10-27-29-23(14)18)35(33,34)22-8-21(30(4)15(22)2)24(32)26-9-17-6-5-7-20-19(17)11-25-16(3)28-20/h5-8,10-11,14H,9,12-13H2,1-4H3,(H,26,32)(H,27,29)/t14-/m1/s1. The van der Waals surface area contributed by atoms with Gasteiger partial charge in [0.2, 0.25) is 10.0 Å². The molecule has 1 aromatic carbocycles. The summed E-state index contributed by atoms with van der Waals surface area (Å²) in [5.74, 6) is 0.321. The molecule has 1 atom stereocenters. The third-order valence-corrected chi connectivity index (χ3v) is 8.61. The van der Waals surface area contributed by atoms with E-state index in [9.17, 15) is 13.2 Å². The van der Waals surface area contributed by atoms with Gasteiger partial charge in [0.25, 0.3) is 5.91 Å². The number of aromatic nitrogens is 5. The zero-order chi connectivity index (χ0) is 24.9. The van der Waals surface area contributed by atoms with Crippen molar-refractivity contribution in [1.29, 1.82) is 0 Å². The topological polar surface area (TPSA) is 126 Å². The van der Waals surface area contributed by atoms with E-state index in [0.717, 1.165) is 27.7 Å². The maximum absolute atomic E-state index is 13.6. The van der Waals surface area contributed by atoms with E-state index in [-0.39, 0.29) is 35.5 Å². The number of nitrogens with zero attached hydrogens (tertiary/aromatic N) is 5. The van der Waals surface area contributed by atoms with Crippen LogP contribution in [0.2, 0.25) is 0 Å². The minimum absolute atomic E-state index is 0.00345. The first-order valence-electron chi connectivity index (χ1n) is 11.3. The average molecular weight is 494 g/mol. The molecule has 35 heavy (non-hydrogen) atoms. The molecule has 4 heterocycles. The lowest BCUT2D eigenvalue weighted by Gasteiger charge is -2.29. The number of hydrogen-bond donors (Lipinski definition) is 2. The van der Waals surface area contributed by atoms with Crippen LogP contribution in [0.1, 0.15) is 51.7 Å². The van der Waals surface area contributed by atoms with Gasteiger partial charge in [0, 0.05) is 61.1 Å². The number of rotatable bonds is 5. The van der Waals surface area contributed by atoms with Crippen molar-refractivity contribution < 1.29 is 13.2 Å². The molecule has 2 N–H and O–H groups in total. The van der Waals surface area contributed by atoms with Crippen LogP contribution in [0, 0.1) is 13.8 Å². The quantitative estimate of drug-likeness (QED) is 0.440. The predicted molar refractivity (Wildman–Crippen MR) is 130 cm³/mol. The molecule has 0 saturated carbocycles. The van der Waals surface area contributed by atoms with E-state index in [1.54, 1.807) is 30.9 Å². The number of aromatic amines is 1. The molecule has 0 aliphatic carbocycles. The van der Waals surface area contributed by atoms with Gasteiger partial charge in [-0.25, -0.2) is 18.4 Å². The van der Waals surface area contributed by atoms with Gasteiger partial charge >= 0.3 is 0 Å². The van der Waals surface area contributed by atoms with Crippen molar-refractivity contribution in [3.05, 3.63) is 70.7 Å². The molecule has 11 heteroatoms. The molecule has 0 saturated heterocycles. The Hall–Kier alpha value is -3.57. The Kier molecular flexibility index (Phi) is 5.68. The Morgan fingerprint density at radius 1 is 1.26 bits per heavy atom. The highest BCUT2D eigenvalue weighted by Crippen LogP contribution is 2.32. The lowest BCUT2D eigenvalue weighted by atomic mass is 10.0. The third kappa shape index (κ3) is 4.00. The minimum atomic E-state index is -3.81. The molecule has 0 spiro atoms. The fourth-order valence-corrected chi connectivity index (χ4v) is 6.40. The molecule has 0 unspecified atom stereocenters. The Bertz CT molecular complexity index is 1550. The summed E-state index contributed by atoms with van der Waals surface area (Å²) in [6, 6.07) is 7.17. The molecule has 182 valence electrons. The van der Waals surface area contributed by atoms with Crippen LogP contribution >= 0.6 is 0 Å². The van der Waals surface area contributed by atoms with Crippen LogP contribution in [0.3, 0.4) is 0 Å².